The van der Waals surface area contributed by atoms with Gasteiger partial charge >= 0.3 is 0 Å². The highest BCUT2D eigenvalue weighted by Gasteiger charge is 2.55. The molecule has 87 heavy (non-hydrogen) atoms. The molecule has 3 nitrogen and oxygen atoms in total. The third-order valence-electron chi connectivity index (χ3n) is 20.1. The minimum atomic E-state index is -0.722. The van der Waals surface area contributed by atoms with Crippen LogP contribution in [-0.2, 0) is 32.5 Å². The Labute approximate surface area is 513 Å². The number of benzene rings is 11. The molecule has 0 amide bonds. The highest BCUT2D eigenvalue weighted by molar-refractivity contribution is 6.09. The maximum atomic E-state index is 7.73. The fraction of sp³-hybridized carbons (Fsp3) is 0.214. The number of hydrogen-bond acceptors (Lipinski definition) is 2. The van der Waals surface area contributed by atoms with Crippen LogP contribution >= 0.6 is 0 Å². The second kappa shape index (κ2) is 18.2. The van der Waals surface area contributed by atoms with E-state index in [1.165, 1.54) is 111 Å². The molecular formula is C84H74N2O. The zero-order valence-corrected chi connectivity index (χ0v) is 52.2. The third-order valence-corrected chi connectivity index (χ3v) is 20.1. The van der Waals surface area contributed by atoms with Gasteiger partial charge in [-0.1, -0.05) is 259 Å². The highest BCUT2D eigenvalue weighted by atomic mass is 16.5. The molecular weight excluding hydrogens is 1050 g/mol. The molecule has 3 aliphatic carbocycles. The number of rotatable bonds is 4. The summed E-state index contributed by atoms with van der Waals surface area (Å²) in [6, 6.07) is 88.7. The molecule has 426 valence electrons. The first-order valence-electron chi connectivity index (χ1n) is 31.3. The second-order valence-corrected chi connectivity index (χ2v) is 29.3. The van der Waals surface area contributed by atoms with Gasteiger partial charge in [0.15, 0.2) is 5.75 Å². The zero-order valence-electron chi connectivity index (χ0n) is 52.2. The summed E-state index contributed by atoms with van der Waals surface area (Å²) >= 11 is 0. The molecule has 0 unspecified atom stereocenters. The van der Waals surface area contributed by atoms with Crippen molar-refractivity contribution in [1.82, 2.24) is 4.57 Å². The Hall–Kier alpha value is -9.18. The summed E-state index contributed by atoms with van der Waals surface area (Å²) in [5.41, 5.74) is 28.0. The Morgan fingerprint density at radius 3 is 1.22 bits per heavy atom. The summed E-state index contributed by atoms with van der Waals surface area (Å²) in [7, 11) is 0. The first-order chi connectivity index (χ1) is 41.7. The number of aromatic nitrogens is 1. The van der Waals surface area contributed by atoms with Gasteiger partial charge in [-0.05, 0) is 165 Å². The summed E-state index contributed by atoms with van der Waals surface area (Å²) in [6.45, 7) is 28.1. The molecule has 0 radical (unpaired) electrons. The van der Waals surface area contributed by atoms with Crippen molar-refractivity contribution in [2.75, 3.05) is 4.90 Å². The molecule has 11 aromatic carbocycles. The van der Waals surface area contributed by atoms with E-state index < -0.39 is 10.8 Å². The van der Waals surface area contributed by atoms with Crippen molar-refractivity contribution in [3.63, 3.8) is 0 Å². The molecule has 0 bridgehead atoms. The molecule has 12 aromatic rings. The summed E-state index contributed by atoms with van der Waals surface area (Å²) in [5, 5.41) is 2.46. The van der Waals surface area contributed by atoms with Crippen LogP contribution in [0.5, 0.6) is 11.5 Å². The number of ether oxygens (including phenoxy) is 1. The molecule has 2 heterocycles. The topological polar surface area (TPSA) is 17.4 Å². The lowest BCUT2D eigenvalue weighted by atomic mass is 9.64. The van der Waals surface area contributed by atoms with E-state index in [0.717, 1.165) is 45.4 Å². The lowest BCUT2D eigenvalue weighted by Crippen LogP contribution is -2.33. The molecule has 2 spiro atoms. The van der Waals surface area contributed by atoms with Crippen molar-refractivity contribution in [2.24, 2.45) is 0 Å². The SMILES string of the molecule is CC(C)(C)c1ccc2c(c1)C1(c3ccccc3-c3ccc(N(c4cccc(-n5c6ccccc6c6ccccc65)c4)c4cccc5c4Oc4ccccc4C54c5cc(C(C)(C)C)ccc5-c5ccc(C(C)(C)C)cc54)cc31)c1cc(C(C)(C)C)ccc1-2. The van der Waals surface area contributed by atoms with Crippen LogP contribution in [0.3, 0.4) is 0 Å². The molecule has 4 aliphatic rings. The number of nitrogens with zero attached hydrogens (tertiary/aromatic N) is 2. The number of fused-ring (bicyclic) bond motifs is 22. The molecule has 1 aliphatic heterocycles. The van der Waals surface area contributed by atoms with Gasteiger partial charge in [-0.15, -0.1) is 0 Å². The average Bonchev–Trinajstić information content (AvgIpc) is 1.55. The fourth-order valence-electron chi connectivity index (χ4n) is 15.7. The maximum absolute atomic E-state index is 7.73. The molecule has 0 N–H and O–H groups in total. The predicted octanol–water partition coefficient (Wildman–Crippen LogP) is 22.3. The van der Waals surface area contributed by atoms with Gasteiger partial charge in [0.2, 0.25) is 0 Å². The van der Waals surface area contributed by atoms with E-state index >= 15 is 0 Å². The van der Waals surface area contributed by atoms with Gasteiger partial charge in [0, 0.05) is 39.0 Å². The molecule has 0 saturated carbocycles. The van der Waals surface area contributed by atoms with E-state index in [1.807, 2.05) is 0 Å². The molecule has 0 saturated heterocycles. The van der Waals surface area contributed by atoms with Crippen molar-refractivity contribution in [2.45, 2.75) is 116 Å². The van der Waals surface area contributed by atoms with Crippen LogP contribution in [0.15, 0.2) is 231 Å². The Bertz CT molecular complexity index is 4720. The predicted molar refractivity (Wildman–Crippen MR) is 364 cm³/mol. The maximum Gasteiger partial charge on any atom is 0.156 e. The van der Waals surface area contributed by atoms with Crippen LogP contribution in [0, 0.1) is 0 Å². The summed E-state index contributed by atoms with van der Waals surface area (Å²) in [6.07, 6.45) is 0. The van der Waals surface area contributed by atoms with Crippen LogP contribution in [0.4, 0.5) is 17.1 Å². The van der Waals surface area contributed by atoms with Crippen molar-refractivity contribution >= 4 is 38.9 Å². The largest absolute Gasteiger partial charge is 0.454 e. The Kier molecular flexibility index (Phi) is 11.1. The average molecular weight is 1130 g/mol. The van der Waals surface area contributed by atoms with E-state index in [4.69, 9.17) is 4.74 Å². The Morgan fingerprint density at radius 1 is 0.310 bits per heavy atom. The molecule has 3 heteroatoms. The van der Waals surface area contributed by atoms with Crippen LogP contribution in [0.1, 0.15) is 150 Å². The lowest BCUT2D eigenvalue weighted by molar-refractivity contribution is 0.437. The van der Waals surface area contributed by atoms with Crippen LogP contribution in [0.25, 0.3) is 60.9 Å². The van der Waals surface area contributed by atoms with Gasteiger partial charge in [0.05, 0.1) is 27.6 Å². The Morgan fingerprint density at radius 2 is 0.701 bits per heavy atom. The van der Waals surface area contributed by atoms with E-state index in [2.05, 4.69) is 323 Å². The minimum absolute atomic E-state index is 0.0755. The van der Waals surface area contributed by atoms with E-state index in [1.54, 1.807) is 0 Å². The smallest absolute Gasteiger partial charge is 0.156 e. The normalized spacial score (nSPS) is 14.7. The first-order valence-corrected chi connectivity index (χ1v) is 31.3. The van der Waals surface area contributed by atoms with Crippen molar-refractivity contribution in [1.29, 1.82) is 0 Å². The van der Waals surface area contributed by atoms with Gasteiger partial charge in [-0.2, -0.15) is 0 Å². The number of para-hydroxylation sites is 4. The van der Waals surface area contributed by atoms with Crippen molar-refractivity contribution < 1.29 is 4.74 Å². The van der Waals surface area contributed by atoms with Gasteiger partial charge in [0.25, 0.3) is 0 Å². The van der Waals surface area contributed by atoms with E-state index in [-0.39, 0.29) is 21.7 Å². The van der Waals surface area contributed by atoms with Crippen molar-refractivity contribution in [3.8, 4) is 50.6 Å². The molecule has 0 fully saturated rings. The van der Waals surface area contributed by atoms with E-state index in [9.17, 15) is 0 Å². The van der Waals surface area contributed by atoms with Crippen molar-refractivity contribution in [3.05, 3.63) is 297 Å². The number of hydrogen-bond donors (Lipinski definition) is 0. The summed E-state index contributed by atoms with van der Waals surface area (Å²) in [4.78, 5) is 2.52. The second-order valence-electron chi connectivity index (χ2n) is 29.3. The highest BCUT2D eigenvalue weighted by Crippen LogP contribution is 2.67. The first kappa shape index (κ1) is 53.3. The van der Waals surface area contributed by atoms with E-state index in [0.29, 0.717) is 0 Å². The standard InChI is InChI=1S/C84H74N2O/c1-79(2,3)51-35-40-59-60-41-36-52(80(4,5)6)46-70(60)83(69(59)45-51)66-28-16-13-25-58(66)63-44-39-57(50-73(63)83)85(55-23-21-24-56(49-55)86-74-31-18-14-26-64(74)65-27-15-19-32-75(65)86)76-33-22-30-68-78(76)87-77-34-20-17-29-67(77)84(68)71-47-53(81(7,8)9)37-42-61(71)62-43-38-54(48-72(62)84)82(10,11)12/h13-50H,1-12H3. The fourth-order valence-corrected chi connectivity index (χ4v) is 15.7. The van der Waals surface area contributed by atoms with Crippen LogP contribution in [-0.4, -0.2) is 4.57 Å². The van der Waals surface area contributed by atoms with Gasteiger partial charge in [0.1, 0.15) is 5.75 Å². The Balaban J connectivity index is 1.02. The summed E-state index contributed by atoms with van der Waals surface area (Å²) < 4.78 is 10.2. The van der Waals surface area contributed by atoms with Crippen LogP contribution < -0.4 is 9.64 Å². The molecule has 0 atom stereocenters. The monoisotopic (exact) mass is 1130 g/mol. The third kappa shape index (κ3) is 7.48. The van der Waals surface area contributed by atoms with Crippen LogP contribution in [0.2, 0.25) is 0 Å². The number of anilines is 3. The van der Waals surface area contributed by atoms with Gasteiger partial charge < -0.3 is 14.2 Å². The van der Waals surface area contributed by atoms with Gasteiger partial charge in [-0.3, -0.25) is 0 Å². The summed E-state index contributed by atoms with van der Waals surface area (Å²) in [5.74, 6) is 1.71. The molecule has 1 aromatic heterocycles. The molecule has 16 rings (SSSR count). The zero-order chi connectivity index (χ0) is 59.9. The van der Waals surface area contributed by atoms with Gasteiger partial charge in [-0.25, -0.2) is 0 Å². The lowest BCUT2D eigenvalue weighted by Gasteiger charge is -2.42. The quantitative estimate of drug-likeness (QED) is 0.175. The minimum Gasteiger partial charge on any atom is -0.454 e.